The van der Waals surface area contributed by atoms with Crippen LogP contribution in [0, 0.1) is 10.1 Å². The zero-order valence-corrected chi connectivity index (χ0v) is 10.9. The highest BCUT2D eigenvalue weighted by molar-refractivity contribution is 5.94. The van der Waals surface area contributed by atoms with Crippen LogP contribution in [-0.4, -0.2) is 39.1 Å². The zero-order chi connectivity index (χ0) is 15.3. The second-order valence-corrected chi connectivity index (χ2v) is 4.16. The number of nitrogens with one attached hydrogen (secondary N) is 1. The van der Waals surface area contributed by atoms with Crippen LogP contribution in [0.2, 0.25) is 0 Å². The van der Waals surface area contributed by atoms with Crippen molar-refractivity contribution in [2.45, 2.75) is 26.0 Å². The Morgan fingerprint density at radius 1 is 1.60 bits per heavy atom. The van der Waals surface area contributed by atoms with Gasteiger partial charge in [-0.3, -0.25) is 19.7 Å². The standard InChI is InChI=1S/C11H16N4O5/c1-2-3-14-6-7(15(19)20)4-8(14)11(18)13-5-9(16)10(12)17/h4,6,9,16H,2-3,5H2,1H3,(H2,12,17)(H,13,18). The molecule has 1 unspecified atom stereocenters. The first-order chi connectivity index (χ1) is 9.36. The summed E-state index contributed by atoms with van der Waals surface area (Å²) in [6.45, 7) is 1.96. The summed E-state index contributed by atoms with van der Waals surface area (Å²) in [6.07, 6.45) is 0.461. The predicted octanol–water partition coefficient (Wildman–Crippen LogP) is -0.618. The molecule has 1 atom stereocenters. The highest BCUT2D eigenvalue weighted by Crippen LogP contribution is 2.17. The molecule has 1 aromatic rings. The molecule has 0 spiro atoms. The maximum atomic E-state index is 11.9. The van der Waals surface area contributed by atoms with Crippen molar-refractivity contribution in [1.29, 1.82) is 0 Å². The largest absolute Gasteiger partial charge is 0.381 e. The van der Waals surface area contributed by atoms with Crippen LogP contribution in [0.1, 0.15) is 23.8 Å². The van der Waals surface area contributed by atoms with E-state index < -0.39 is 22.8 Å². The van der Waals surface area contributed by atoms with Crippen LogP contribution in [0.25, 0.3) is 0 Å². The first-order valence-corrected chi connectivity index (χ1v) is 5.97. The van der Waals surface area contributed by atoms with Crippen molar-refractivity contribution in [3.05, 3.63) is 28.1 Å². The van der Waals surface area contributed by atoms with Gasteiger partial charge in [0, 0.05) is 12.6 Å². The molecule has 0 radical (unpaired) electrons. The first-order valence-electron chi connectivity index (χ1n) is 5.97. The van der Waals surface area contributed by atoms with Gasteiger partial charge in [0.05, 0.1) is 17.7 Å². The fraction of sp³-hybridized carbons (Fsp3) is 0.455. The Hall–Kier alpha value is -2.42. The van der Waals surface area contributed by atoms with Gasteiger partial charge in [-0.15, -0.1) is 0 Å². The van der Waals surface area contributed by atoms with Gasteiger partial charge >= 0.3 is 0 Å². The summed E-state index contributed by atoms with van der Waals surface area (Å²) >= 11 is 0. The maximum absolute atomic E-state index is 11.9. The number of carbonyl (C=O) groups excluding carboxylic acids is 2. The van der Waals surface area contributed by atoms with Gasteiger partial charge in [0.2, 0.25) is 5.91 Å². The third kappa shape index (κ3) is 3.79. The van der Waals surface area contributed by atoms with Crippen molar-refractivity contribution in [2.24, 2.45) is 5.73 Å². The Morgan fingerprint density at radius 2 is 2.25 bits per heavy atom. The van der Waals surface area contributed by atoms with Crippen LogP contribution in [0.5, 0.6) is 0 Å². The van der Waals surface area contributed by atoms with Gasteiger partial charge < -0.3 is 20.7 Å². The summed E-state index contributed by atoms with van der Waals surface area (Å²) in [6, 6.07) is 1.14. The molecule has 9 heteroatoms. The molecule has 0 fully saturated rings. The molecule has 0 bridgehead atoms. The Balaban J connectivity index is 2.85. The smallest absolute Gasteiger partial charge is 0.287 e. The summed E-state index contributed by atoms with van der Waals surface area (Å²) in [7, 11) is 0. The third-order valence-electron chi connectivity index (χ3n) is 2.57. The summed E-state index contributed by atoms with van der Waals surface area (Å²) in [5.41, 5.74) is 4.75. The van der Waals surface area contributed by atoms with Crippen LogP contribution < -0.4 is 11.1 Å². The SMILES string of the molecule is CCCn1cc([N+](=O)[O-])cc1C(=O)NCC(O)C(N)=O. The number of rotatable bonds is 7. The van der Waals surface area contributed by atoms with E-state index in [-0.39, 0.29) is 17.9 Å². The fourth-order valence-corrected chi connectivity index (χ4v) is 1.59. The lowest BCUT2D eigenvalue weighted by atomic mass is 10.3. The van der Waals surface area contributed by atoms with Crippen molar-refractivity contribution in [3.8, 4) is 0 Å². The van der Waals surface area contributed by atoms with Crippen LogP contribution in [0.15, 0.2) is 12.3 Å². The molecule has 0 aliphatic rings. The number of nitrogens with zero attached hydrogens (tertiary/aromatic N) is 2. The Morgan fingerprint density at radius 3 is 2.75 bits per heavy atom. The highest BCUT2D eigenvalue weighted by atomic mass is 16.6. The van der Waals surface area contributed by atoms with Crippen molar-refractivity contribution >= 4 is 17.5 Å². The summed E-state index contributed by atoms with van der Waals surface area (Å²) in [4.78, 5) is 32.6. The molecule has 4 N–H and O–H groups in total. The van der Waals surface area contributed by atoms with E-state index in [9.17, 15) is 24.8 Å². The Labute approximate surface area is 114 Å². The number of hydrogen-bond acceptors (Lipinski definition) is 5. The number of aromatic nitrogens is 1. The second-order valence-electron chi connectivity index (χ2n) is 4.16. The monoisotopic (exact) mass is 284 g/mol. The third-order valence-corrected chi connectivity index (χ3v) is 2.57. The van der Waals surface area contributed by atoms with E-state index in [4.69, 9.17) is 5.73 Å². The quantitative estimate of drug-likeness (QED) is 0.452. The fourth-order valence-electron chi connectivity index (χ4n) is 1.59. The van der Waals surface area contributed by atoms with Gasteiger partial charge in [0.15, 0.2) is 0 Å². The molecule has 1 aromatic heterocycles. The molecule has 0 aliphatic heterocycles. The van der Waals surface area contributed by atoms with E-state index >= 15 is 0 Å². The highest BCUT2D eigenvalue weighted by Gasteiger charge is 2.20. The number of primary amides is 1. The number of aryl methyl sites for hydroxylation is 1. The van der Waals surface area contributed by atoms with Crippen LogP contribution in [0.4, 0.5) is 5.69 Å². The van der Waals surface area contributed by atoms with Gasteiger partial charge in [-0.1, -0.05) is 6.92 Å². The van der Waals surface area contributed by atoms with E-state index in [1.165, 1.54) is 10.8 Å². The summed E-state index contributed by atoms with van der Waals surface area (Å²) in [5, 5.41) is 22.2. The van der Waals surface area contributed by atoms with Crippen LogP contribution in [-0.2, 0) is 11.3 Å². The average Bonchev–Trinajstić information content (AvgIpc) is 2.80. The van der Waals surface area contributed by atoms with Gasteiger partial charge in [0.25, 0.3) is 11.6 Å². The molecule has 0 saturated carbocycles. The number of carbonyl (C=O) groups is 2. The number of amides is 2. The number of nitro groups is 1. The van der Waals surface area contributed by atoms with E-state index in [1.807, 2.05) is 6.92 Å². The van der Waals surface area contributed by atoms with Crippen molar-refractivity contribution in [3.63, 3.8) is 0 Å². The minimum atomic E-state index is -1.50. The predicted molar refractivity (Wildman–Crippen MR) is 68.9 cm³/mol. The van der Waals surface area contributed by atoms with Crippen LogP contribution >= 0.6 is 0 Å². The molecule has 0 saturated heterocycles. The maximum Gasteiger partial charge on any atom is 0.287 e. The zero-order valence-electron chi connectivity index (χ0n) is 10.9. The van der Waals surface area contributed by atoms with Crippen molar-refractivity contribution in [2.75, 3.05) is 6.54 Å². The molecular formula is C11H16N4O5. The van der Waals surface area contributed by atoms with E-state index in [1.54, 1.807) is 0 Å². The van der Waals surface area contributed by atoms with Gasteiger partial charge in [-0.25, -0.2) is 0 Å². The van der Waals surface area contributed by atoms with Gasteiger partial charge in [-0.2, -0.15) is 0 Å². The Kier molecular flexibility index (Phi) is 5.21. The molecule has 1 rings (SSSR count). The number of aliphatic hydroxyl groups is 1. The van der Waals surface area contributed by atoms with Crippen molar-refractivity contribution < 1.29 is 19.6 Å². The van der Waals surface area contributed by atoms with Crippen LogP contribution in [0.3, 0.4) is 0 Å². The molecular weight excluding hydrogens is 268 g/mol. The van der Waals surface area contributed by atoms with E-state index in [2.05, 4.69) is 5.32 Å². The minimum absolute atomic E-state index is 0.0928. The molecule has 9 nitrogen and oxygen atoms in total. The molecule has 110 valence electrons. The normalized spacial score (nSPS) is 11.9. The lowest BCUT2D eigenvalue weighted by Crippen LogP contribution is -2.40. The summed E-state index contributed by atoms with van der Waals surface area (Å²) in [5.74, 6) is -1.58. The topological polar surface area (TPSA) is 140 Å². The molecule has 0 aliphatic carbocycles. The lowest BCUT2D eigenvalue weighted by Gasteiger charge is -2.10. The molecule has 1 heterocycles. The Bertz CT molecular complexity index is 525. The first kappa shape index (κ1) is 15.6. The molecule has 0 aromatic carbocycles. The molecule has 20 heavy (non-hydrogen) atoms. The average molecular weight is 284 g/mol. The lowest BCUT2D eigenvalue weighted by molar-refractivity contribution is -0.384. The van der Waals surface area contributed by atoms with E-state index in [0.717, 1.165) is 6.07 Å². The van der Waals surface area contributed by atoms with Crippen molar-refractivity contribution in [1.82, 2.24) is 9.88 Å². The second kappa shape index (κ2) is 6.66. The number of aliphatic hydroxyl groups excluding tert-OH is 1. The molecule has 2 amide bonds. The number of nitrogens with two attached hydrogens (primary N) is 1. The van der Waals surface area contributed by atoms with Gasteiger partial charge in [-0.05, 0) is 6.42 Å². The van der Waals surface area contributed by atoms with Gasteiger partial charge in [0.1, 0.15) is 11.8 Å². The summed E-state index contributed by atoms with van der Waals surface area (Å²) < 4.78 is 1.45. The number of hydrogen-bond donors (Lipinski definition) is 3. The minimum Gasteiger partial charge on any atom is -0.381 e. The van der Waals surface area contributed by atoms with E-state index in [0.29, 0.717) is 13.0 Å².